The summed E-state index contributed by atoms with van der Waals surface area (Å²) >= 11 is 0. The fraction of sp³-hybridized carbons (Fsp3) is 0.552. The zero-order valence-electron chi connectivity index (χ0n) is 22.6. The topological polar surface area (TPSA) is 93.0 Å². The van der Waals surface area contributed by atoms with E-state index < -0.39 is 6.17 Å². The normalized spacial score (nSPS) is 22.7. The molecule has 208 valence electrons. The molecule has 4 aliphatic rings. The van der Waals surface area contributed by atoms with Crippen LogP contribution in [-0.4, -0.2) is 72.2 Å². The molecule has 0 saturated carbocycles. The van der Waals surface area contributed by atoms with Gasteiger partial charge in [-0.2, -0.15) is 4.98 Å². The van der Waals surface area contributed by atoms with Crippen LogP contribution in [0, 0.1) is 0 Å². The molecular formula is C29H36FN5O4. The first-order valence-electron chi connectivity index (χ1n) is 14.0. The Morgan fingerprint density at radius 2 is 1.92 bits per heavy atom. The Bertz CT molecular complexity index is 1270. The number of piperidine rings is 1. The van der Waals surface area contributed by atoms with Crippen molar-refractivity contribution in [2.75, 3.05) is 44.3 Å². The van der Waals surface area contributed by atoms with E-state index in [1.165, 1.54) is 0 Å². The first-order valence-corrected chi connectivity index (χ1v) is 14.0. The quantitative estimate of drug-likeness (QED) is 0.609. The summed E-state index contributed by atoms with van der Waals surface area (Å²) in [5.41, 5.74) is 3.20. The van der Waals surface area contributed by atoms with E-state index in [0.29, 0.717) is 38.0 Å². The third-order valence-electron chi connectivity index (χ3n) is 8.25. The lowest BCUT2D eigenvalue weighted by molar-refractivity contribution is 0.0217. The van der Waals surface area contributed by atoms with Crippen LogP contribution in [0.1, 0.15) is 62.4 Å². The second kappa shape index (κ2) is 10.6. The number of benzene rings is 1. The fourth-order valence-corrected chi connectivity index (χ4v) is 5.74. The van der Waals surface area contributed by atoms with Gasteiger partial charge in [0.25, 0.3) is 0 Å². The standard InChI is InChI=1S/C29H36FN5O4/c1-19(2)26-32-28(39-33-26)35-11-9-29(10-12-35)8-7-22-17-20(4-6-25(22)38-29)21-3-5-24(23(30)18-21)31-27(36)34-13-15-37-16-14-34/h3-6,17,19,23H,7-16,18H2,1-2H3,(H,31,36). The summed E-state index contributed by atoms with van der Waals surface area (Å²) in [6, 6.07) is 6.50. The number of allylic oxidation sites excluding steroid dienone is 4. The maximum absolute atomic E-state index is 15.1. The van der Waals surface area contributed by atoms with Crippen molar-refractivity contribution in [1.29, 1.82) is 0 Å². The molecule has 1 aromatic carbocycles. The monoisotopic (exact) mass is 537 g/mol. The van der Waals surface area contributed by atoms with Gasteiger partial charge in [0.1, 0.15) is 17.5 Å². The molecule has 3 aliphatic heterocycles. The Balaban J connectivity index is 1.09. The molecule has 39 heavy (non-hydrogen) atoms. The van der Waals surface area contributed by atoms with E-state index >= 15 is 4.39 Å². The van der Waals surface area contributed by atoms with Gasteiger partial charge in [-0.3, -0.25) is 0 Å². The number of nitrogens with zero attached hydrogens (tertiary/aromatic N) is 4. The lowest BCUT2D eigenvalue weighted by atomic mass is 9.82. The number of aryl methyl sites for hydroxylation is 1. The molecule has 1 N–H and O–H groups in total. The minimum atomic E-state index is -1.26. The van der Waals surface area contributed by atoms with Crippen LogP contribution in [0.3, 0.4) is 0 Å². The van der Waals surface area contributed by atoms with Gasteiger partial charge in [0.2, 0.25) is 0 Å². The van der Waals surface area contributed by atoms with E-state index in [2.05, 4.69) is 40.3 Å². The molecule has 2 fully saturated rings. The molecule has 6 rings (SSSR count). The van der Waals surface area contributed by atoms with E-state index in [1.807, 2.05) is 18.2 Å². The third kappa shape index (κ3) is 5.39. The Labute approximate surface area is 228 Å². The minimum Gasteiger partial charge on any atom is -0.487 e. The number of anilines is 1. The Morgan fingerprint density at radius 3 is 2.64 bits per heavy atom. The fourth-order valence-electron chi connectivity index (χ4n) is 5.74. The number of amides is 2. The van der Waals surface area contributed by atoms with Crippen molar-refractivity contribution < 1.29 is 23.2 Å². The predicted molar refractivity (Wildman–Crippen MR) is 144 cm³/mol. The van der Waals surface area contributed by atoms with E-state index in [1.54, 1.807) is 11.0 Å². The van der Waals surface area contributed by atoms with Gasteiger partial charge in [-0.25, -0.2) is 9.18 Å². The van der Waals surface area contributed by atoms with Crippen molar-refractivity contribution in [2.24, 2.45) is 0 Å². The number of carbonyl (C=O) groups is 1. The van der Waals surface area contributed by atoms with Crippen molar-refractivity contribution in [3.05, 3.63) is 53.0 Å². The maximum atomic E-state index is 15.1. The Hall–Kier alpha value is -3.40. The highest BCUT2D eigenvalue weighted by atomic mass is 19.1. The third-order valence-corrected chi connectivity index (χ3v) is 8.25. The van der Waals surface area contributed by atoms with Crippen molar-refractivity contribution in [2.45, 2.75) is 63.6 Å². The van der Waals surface area contributed by atoms with Gasteiger partial charge in [0.05, 0.1) is 18.9 Å². The zero-order valence-corrected chi connectivity index (χ0v) is 22.6. The van der Waals surface area contributed by atoms with Gasteiger partial charge in [-0.1, -0.05) is 31.1 Å². The Morgan fingerprint density at radius 1 is 1.13 bits per heavy atom. The molecule has 2 saturated heterocycles. The zero-order chi connectivity index (χ0) is 27.0. The molecule has 9 nitrogen and oxygen atoms in total. The number of morpholine rings is 1. The van der Waals surface area contributed by atoms with Crippen LogP contribution in [-0.2, 0) is 11.2 Å². The van der Waals surface area contributed by atoms with Crippen molar-refractivity contribution in [3.8, 4) is 5.75 Å². The molecular weight excluding hydrogens is 501 g/mol. The molecule has 4 heterocycles. The second-order valence-electron chi connectivity index (χ2n) is 11.2. The van der Waals surface area contributed by atoms with Crippen LogP contribution >= 0.6 is 0 Å². The van der Waals surface area contributed by atoms with Gasteiger partial charge in [-0.15, -0.1) is 0 Å². The van der Waals surface area contributed by atoms with Crippen molar-refractivity contribution in [1.82, 2.24) is 20.4 Å². The number of urea groups is 1. The van der Waals surface area contributed by atoms with Crippen LogP contribution in [0.15, 0.2) is 40.6 Å². The van der Waals surface area contributed by atoms with Crippen LogP contribution in [0.2, 0.25) is 0 Å². The number of hydrogen-bond acceptors (Lipinski definition) is 7. The summed E-state index contributed by atoms with van der Waals surface area (Å²) in [7, 11) is 0. The average Bonchev–Trinajstić information content (AvgIpc) is 3.46. The number of aromatic nitrogens is 2. The maximum Gasteiger partial charge on any atom is 0.324 e. The van der Waals surface area contributed by atoms with Crippen LogP contribution < -0.4 is 15.0 Å². The number of halogens is 1. The smallest absolute Gasteiger partial charge is 0.324 e. The summed E-state index contributed by atoms with van der Waals surface area (Å²) in [5.74, 6) is 1.89. The highest BCUT2D eigenvalue weighted by Gasteiger charge is 2.40. The summed E-state index contributed by atoms with van der Waals surface area (Å²) in [6.07, 6.45) is 6.22. The Kier molecular flexibility index (Phi) is 7.05. The molecule has 0 bridgehead atoms. The first-order chi connectivity index (χ1) is 18.9. The molecule has 0 radical (unpaired) electrons. The number of carbonyl (C=O) groups excluding carboxylic acids is 1. The van der Waals surface area contributed by atoms with Gasteiger partial charge >= 0.3 is 12.0 Å². The number of ether oxygens (including phenoxy) is 2. The number of alkyl halides is 1. The van der Waals surface area contributed by atoms with E-state index in [-0.39, 0.29) is 24.0 Å². The van der Waals surface area contributed by atoms with E-state index in [9.17, 15) is 4.79 Å². The van der Waals surface area contributed by atoms with Gasteiger partial charge in [-0.05, 0) is 47.8 Å². The molecule has 1 atom stereocenters. The summed E-state index contributed by atoms with van der Waals surface area (Å²) in [6.45, 7) is 7.80. The number of nitrogens with one attached hydrogen (secondary N) is 1. The van der Waals surface area contributed by atoms with Crippen LogP contribution in [0.5, 0.6) is 5.75 Å². The number of fused-ring (bicyclic) bond motifs is 1. The summed E-state index contributed by atoms with van der Waals surface area (Å²) < 4.78 is 32.5. The highest BCUT2D eigenvalue weighted by molar-refractivity contribution is 5.78. The average molecular weight is 538 g/mol. The molecule has 1 aromatic heterocycles. The van der Waals surface area contributed by atoms with E-state index in [0.717, 1.165) is 67.0 Å². The van der Waals surface area contributed by atoms with Crippen LogP contribution in [0.4, 0.5) is 15.2 Å². The van der Waals surface area contributed by atoms with Crippen molar-refractivity contribution >= 4 is 17.6 Å². The van der Waals surface area contributed by atoms with Crippen molar-refractivity contribution in [3.63, 3.8) is 0 Å². The second-order valence-corrected chi connectivity index (χ2v) is 11.2. The number of hydrogen-bond donors (Lipinski definition) is 1. The molecule has 1 aliphatic carbocycles. The van der Waals surface area contributed by atoms with Gasteiger partial charge in [0, 0.05) is 51.4 Å². The highest BCUT2D eigenvalue weighted by Crippen LogP contribution is 2.41. The number of rotatable bonds is 4. The van der Waals surface area contributed by atoms with Crippen LogP contribution in [0.25, 0.3) is 5.57 Å². The largest absolute Gasteiger partial charge is 0.487 e. The molecule has 1 unspecified atom stereocenters. The molecule has 1 spiro atoms. The SMILES string of the molecule is CC(C)c1noc(N2CCC3(CCc4cc(C5=CC=C(NC(=O)N6CCOCC6)C(F)C5)ccc4O3)CC2)n1. The molecule has 2 amide bonds. The predicted octanol–water partition coefficient (Wildman–Crippen LogP) is 4.61. The van der Waals surface area contributed by atoms with Gasteiger partial charge in [0.15, 0.2) is 5.82 Å². The lowest BCUT2D eigenvalue weighted by Crippen LogP contribution is -2.50. The minimum absolute atomic E-state index is 0.184. The summed E-state index contributed by atoms with van der Waals surface area (Å²) in [4.78, 5) is 20.8. The van der Waals surface area contributed by atoms with E-state index in [4.69, 9.17) is 14.0 Å². The first kappa shape index (κ1) is 25.9. The van der Waals surface area contributed by atoms with Gasteiger partial charge < -0.3 is 29.1 Å². The molecule has 2 aromatic rings. The summed E-state index contributed by atoms with van der Waals surface area (Å²) in [5, 5.41) is 6.85. The lowest BCUT2D eigenvalue weighted by Gasteiger charge is -2.44. The molecule has 10 heteroatoms.